The van der Waals surface area contributed by atoms with Crippen LogP contribution < -0.4 is 5.43 Å². The molecule has 0 fully saturated rings. The van der Waals surface area contributed by atoms with Crippen LogP contribution in [-0.2, 0) is 4.74 Å². The number of rotatable bonds is 3. The van der Waals surface area contributed by atoms with E-state index in [-0.39, 0.29) is 23.4 Å². The van der Waals surface area contributed by atoms with Crippen molar-refractivity contribution < 1.29 is 9.53 Å². The Morgan fingerprint density at radius 2 is 1.97 bits per heavy atom. The van der Waals surface area contributed by atoms with Crippen molar-refractivity contribution in [2.24, 2.45) is 0 Å². The summed E-state index contributed by atoms with van der Waals surface area (Å²) >= 11 is 0. The van der Waals surface area contributed by atoms with Gasteiger partial charge in [0, 0.05) is 36.5 Å². The number of nitrogens with zero attached hydrogens (tertiary/aromatic N) is 5. The molecular formula is C22H15N5O3. The fourth-order valence-electron chi connectivity index (χ4n) is 2.80. The van der Waals surface area contributed by atoms with Gasteiger partial charge in [-0.2, -0.15) is 0 Å². The van der Waals surface area contributed by atoms with E-state index in [2.05, 4.69) is 31.8 Å². The molecule has 146 valence electrons. The van der Waals surface area contributed by atoms with E-state index >= 15 is 0 Å². The van der Waals surface area contributed by atoms with Gasteiger partial charge < -0.3 is 4.74 Å². The molecule has 4 heterocycles. The van der Waals surface area contributed by atoms with Crippen LogP contribution in [0.3, 0.4) is 0 Å². The van der Waals surface area contributed by atoms with E-state index in [0.29, 0.717) is 11.5 Å². The van der Waals surface area contributed by atoms with E-state index in [0.717, 1.165) is 5.56 Å². The van der Waals surface area contributed by atoms with E-state index < -0.39 is 11.4 Å². The molecule has 0 aliphatic carbocycles. The summed E-state index contributed by atoms with van der Waals surface area (Å²) in [6.45, 7) is 1.83. The number of aromatic nitrogens is 5. The summed E-state index contributed by atoms with van der Waals surface area (Å²) in [5, 5.41) is 0.282. The Bertz CT molecular complexity index is 1350. The molecule has 0 bridgehead atoms. The third-order valence-electron chi connectivity index (χ3n) is 4.13. The second kappa shape index (κ2) is 8.32. The van der Waals surface area contributed by atoms with Gasteiger partial charge >= 0.3 is 5.97 Å². The maximum Gasteiger partial charge on any atom is 0.343 e. The third-order valence-corrected chi connectivity index (χ3v) is 4.13. The van der Waals surface area contributed by atoms with Crippen LogP contribution in [0, 0.1) is 11.8 Å². The van der Waals surface area contributed by atoms with Crippen molar-refractivity contribution in [1.29, 1.82) is 0 Å². The van der Waals surface area contributed by atoms with Crippen molar-refractivity contribution in [3.8, 4) is 17.7 Å². The molecule has 4 rings (SSSR count). The number of hydrogen-bond donors (Lipinski definition) is 0. The van der Waals surface area contributed by atoms with Crippen molar-refractivity contribution >= 4 is 17.0 Å². The molecule has 30 heavy (non-hydrogen) atoms. The number of hydrogen-bond acceptors (Lipinski definition) is 7. The normalized spacial score (nSPS) is 10.3. The number of fused-ring (bicyclic) bond motifs is 1. The van der Waals surface area contributed by atoms with Crippen molar-refractivity contribution in [3.05, 3.63) is 88.5 Å². The second-order valence-corrected chi connectivity index (χ2v) is 6.07. The molecule has 0 spiro atoms. The fourth-order valence-corrected chi connectivity index (χ4v) is 2.80. The predicted octanol–water partition coefficient (Wildman–Crippen LogP) is 2.15. The first-order valence-electron chi connectivity index (χ1n) is 9.10. The van der Waals surface area contributed by atoms with Gasteiger partial charge in [0.2, 0.25) is 11.3 Å². The molecule has 8 nitrogen and oxygen atoms in total. The van der Waals surface area contributed by atoms with E-state index in [1.54, 1.807) is 60.5 Å². The maximum absolute atomic E-state index is 12.7. The highest BCUT2D eigenvalue weighted by atomic mass is 16.5. The van der Waals surface area contributed by atoms with Crippen LogP contribution in [0.4, 0.5) is 0 Å². The quantitative estimate of drug-likeness (QED) is 0.386. The van der Waals surface area contributed by atoms with Gasteiger partial charge in [-0.15, -0.1) is 0 Å². The zero-order chi connectivity index (χ0) is 20.9. The molecule has 4 aromatic rings. The van der Waals surface area contributed by atoms with Gasteiger partial charge in [-0.25, -0.2) is 19.7 Å². The lowest BCUT2D eigenvalue weighted by Gasteiger charge is -2.11. The van der Waals surface area contributed by atoms with E-state index in [9.17, 15) is 9.59 Å². The van der Waals surface area contributed by atoms with Gasteiger partial charge in [-0.05, 0) is 43.2 Å². The van der Waals surface area contributed by atoms with Crippen LogP contribution in [0.15, 0.2) is 66.1 Å². The highest BCUT2D eigenvalue weighted by Gasteiger charge is 2.18. The first-order valence-corrected chi connectivity index (χ1v) is 9.10. The average Bonchev–Trinajstić information content (AvgIpc) is 2.79. The van der Waals surface area contributed by atoms with Crippen LogP contribution in [0.1, 0.15) is 28.7 Å². The summed E-state index contributed by atoms with van der Waals surface area (Å²) < 4.78 is 6.58. The molecule has 0 aliphatic rings. The SMILES string of the molecule is CCOC(=O)c1cn(-c2ccnc(C#Cc3cccnc3)n2)c2ncccc2c1=O. The predicted molar refractivity (Wildman–Crippen MR) is 109 cm³/mol. The number of carbonyl (C=O) groups is 1. The summed E-state index contributed by atoms with van der Waals surface area (Å²) in [6.07, 6.45) is 7.80. The number of pyridine rings is 3. The molecule has 8 heteroatoms. The Hall–Kier alpha value is -4.38. The summed E-state index contributed by atoms with van der Waals surface area (Å²) in [7, 11) is 0. The highest BCUT2D eigenvalue weighted by molar-refractivity contribution is 5.93. The largest absolute Gasteiger partial charge is 0.462 e. The van der Waals surface area contributed by atoms with Crippen LogP contribution >= 0.6 is 0 Å². The monoisotopic (exact) mass is 397 g/mol. The molecule has 0 unspecified atom stereocenters. The van der Waals surface area contributed by atoms with Gasteiger partial charge in [0.1, 0.15) is 17.0 Å². The summed E-state index contributed by atoms with van der Waals surface area (Å²) in [5.74, 6) is 5.82. The van der Waals surface area contributed by atoms with Crippen LogP contribution in [-0.4, -0.2) is 37.1 Å². The topological polar surface area (TPSA) is 99.9 Å². The second-order valence-electron chi connectivity index (χ2n) is 6.07. The molecule has 0 radical (unpaired) electrons. The van der Waals surface area contributed by atoms with Crippen molar-refractivity contribution in [2.75, 3.05) is 6.61 Å². The highest BCUT2D eigenvalue weighted by Crippen LogP contribution is 2.14. The van der Waals surface area contributed by atoms with Crippen LogP contribution in [0.2, 0.25) is 0 Å². The number of carbonyl (C=O) groups excluding carboxylic acids is 1. The first kappa shape index (κ1) is 19.0. The molecule has 0 atom stereocenters. The summed E-state index contributed by atoms with van der Waals surface area (Å²) in [6, 6.07) is 8.50. The Morgan fingerprint density at radius 1 is 1.10 bits per heavy atom. The van der Waals surface area contributed by atoms with Gasteiger partial charge in [-0.3, -0.25) is 14.3 Å². The molecule has 0 aliphatic heterocycles. The number of esters is 1. The summed E-state index contributed by atoms with van der Waals surface area (Å²) in [4.78, 5) is 42.0. The zero-order valence-corrected chi connectivity index (χ0v) is 15.9. The van der Waals surface area contributed by atoms with E-state index in [1.807, 2.05) is 6.07 Å². The standard InChI is InChI=1S/C22H15N5O3/c1-2-30-22(29)17-14-27(21-16(20(17)28)6-4-11-25-21)19-9-12-24-18(26-19)8-7-15-5-3-10-23-13-15/h3-6,9-14H,2H2,1H3. The molecular weight excluding hydrogens is 382 g/mol. The lowest BCUT2D eigenvalue weighted by molar-refractivity contribution is 0.0524. The summed E-state index contributed by atoms with van der Waals surface area (Å²) in [5.41, 5.74) is 0.546. The lowest BCUT2D eigenvalue weighted by Crippen LogP contribution is -2.21. The number of ether oxygens (including phenoxy) is 1. The third kappa shape index (κ3) is 3.77. The maximum atomic E-state index is 12.7. The Morgan fingerprint density at radius 3 is 2.77 bits per heavy atom. The van der Waals surface area contributed by atoms with Crippen molar-refractivity contribution in [3.63, 3.8) is 0 Å². The molecule has 0 saturated heterocycles. The average molecular weight is 397 g/mol. The van der Waals surface area contributed by atoms with E-state index in [4.69, 9.17) is 4.74 Å². The van der Waals surface area contributed by atoms with Crippen LogP contribution in [0.25, 0.3) is 16.9 Å². The molecule has 0 aromatic carbocycles. The fraction of sp³-hybridized carbons (Fsp3) is 0.0909. The molecule has 4 aromatic heterocycles. The minimum Gasteiger partial charge on any atom is -0.462 e. The smallest absolute Gasteiger partial charge is 0.343 e. The zero-order valence-electron chi connectivity index (χ0n) is 15.9. The lowest BCUT2D eigenvalue weighted by atomic mass is 10.2. The minimum atomic E-state index is -0.701. The minimum absolute atomic E-state index is 0.0982. The Kier molecular flexibility index (Phi) is 5.26. The van der Waals surface area contributed by atoms with Gasteiger partial charge in [-0.1, -0.05) is 5.92 Å². The molecule has 0 saturated carbocycles. The van der Waals surface area contributed by atoms with Gasteiger partial charge in [0.15, 0.2) is 0 Å². The van der Waals surface area contributed by atoms with Crippen molar-refractivity contribution in [1.82, 2.24) is 24.5 Å². The molecule has 0 N–H and O–H groups in total. The van der Waals surface area contributed by atoms with Gasteiger partial charge in [0.25, 0.3) is 0 Å². The Labute approximate surface area is 171 Å². The van der Waals surface area contributed by atoms with Crippen LogP contribution in [0.5, 0.6) is 0 Å². The molecule has 0 amide bonds. The van der Waals surface area contributed by atoms with Crippen molar-refractivity contribution in [2.45, 2.75) is 6.92 Å². The van der Waals surface area contributed by atoms with E-state index in [1.165, 1.54) is 6.20 Å². The first-order chi connectivity index (χ1) is 14.7. The Balaban J connectivity index is 1.85. The van der Waals surface area contributed by atoms with Gasteiger partial charge in [0.05, 0.1) is 12.0 Å².